The maximum Gasteiger partial charge on any atom is 0.326 e. The van der Waals surface area contributed by atoms with Crippen molar-refractivity contribution < 1.29 is 29.0 Å². The van der Waals surface area contributed by atoms with Gasteiger partial charge >= 0.3 is 5.97 Å². The van der Waals surface area contributed by atoms with E-state index in [9.17, 15) is 19.5 Å². The molecule has 0 saturated heterocycles. The molecule has 0 heterocycles. The molecule has 3 N–H and O–H groups in total. The average molecular weight is 386 g/mol. The van der Waals surface area contributed by atoms with E-state index in [2.05, 4.69) is 10.6 Å². The normalized spacial score (nSPS) is 11.2. The molecule has 0 fully saturated rings. The minimum Gasteiger partial charge on any atom is -0.493 e. The molecule has 28 heavy (non-hydrogen) atoms. The summed E-state index contributed by atoms with van der Waals surface area (Å²) in [4.78, 5) is 35.7. The first kappa shape index (κ1) is 20.8. The van der Waals surface area contributed by atoms with Crippen LogP contribution in [-0.2, 0) is 16.0 Å². The van der Waals surface area contributed by atoms with Crippen molar-refractivity contribution in [2.75, 3.05) is 20.8 Å². The SMILES string of the molecule is COc1ccc(C(=O)NCC(=O)NC(Cc2ccccc2)C(=O)O)cc1OC. The van der Waals surface area contributed by atoms with Crippen LogP contribution in [0.25, 0.3) is 0 Å². The molecular weight excluding hydrogens is 364 g/mol. The van der Waals surface area contributed by atoms with Crippen molar-refractivity contribution in [2.24, 2.45) is 0 Å². The van der Waals surface area contributed by atoms with E-state index < -0.39 is 23.8 Å². The molecule has 0 radical (unpaired) electrons. The molecule has 8 heteroatoms. The van der Waals surface area contributed by atoms with Gasteiger partial charge < -0.3 is 25.2 Å². The highest BCUT2D eigenvalue weighted by Crippen LogP contribution is 2.27. The molecule has 0 aromatic heterocycles. The van der Waals surface area contributed by atoms with Gasteiger partial charge in [0.1, 0.15) is 6.04 Å². The lowest BCUT2D eigenvalue weighted by atomic mass is 10.1. The van der Waals surface area contributed by atoms with Gasteiger partial charge in [-0.3, -0.25) is 9.59 Å². The van der Waals surface area contributed by atoms with E-state index in [4.69, 9.17) is 9.47 Å². The topological polar surface area (TPSA) is 114 Å². The van der Waals surface area contributed by atoms with E-state index in [0.29, 0.717) is 11.5 Å². The molecule has 0 bridgehead atoms. The Labute approximate surface area is 162 Å². The number of carbonyl (C=O) groups is 3. The highest BCUT2D eigenvalue weighted by Gasteiger charge is 2.21. The van der Waals surface area contributed by atoms with Crippen molar-refractivity contribution in [3.63, 3.8) is 0 Å². The third-order valence-corrected chi connectivity index (χ3v) is 3.97. The van der Waals surface area contributed by atoms with Gasteiger partial charge in [-0.2, -0.15) is 0 Å². The summed E-state index contributed by atoms with van der Waals surface area (Å²) in [6.45, 7) is -0.355. The largest absolute Gasteiger partial charge is 0.493 e. The lowest BCUT2D eigenvalue weighted by Gasteiger charge is -2.15. The van der Waals surface area contributed by atoms with Crippen LogP contribution in [0.3, 0.4) is 0 Å². The van der Waals surface area contributed by atoms with Crippen LogP contribution in [-0.4, -0.2) is 49.7 Å². The summed E-state index contributed by atoms with van der Waals surface area (Å²) >= 11 is 0. The van der Waals surface area contributed by atoms with Gasteiger partial charge in [0.05, 0.1) is 20.8 Å². The number of hydrogen-bond acceptors (Lipinski definition) is 5. The molecule has 2 rings (SSSR count). The van der Waals surface area contributed by atoms with E-state index >= 15 is 0 Å². The highest BCUT2D eigenvalue weighted by molar-refractivity contribution is 5.97. The van der Waals surface area contributed by atoms with Crippen LogP contribution in [0.1, 0.15) is 15.9 Å². The van der Waals surface area contributed by atoms with Gasteiger partial charge in [-0.25, -0.2) is 4.79 Å². The maximum atomic E-state index is 12.2. The fourth-order valence-corrected chi connectivity index (χ4v) is 2.54. The Bertz CT molecular complexity index is 838. The van der Waals surface area contributed by atoms with Crippen LogP contribution < -0.4 is 20.1 Å². The molecule has 1 atom stereocenters. The van der Waals surface area contributed by atoms with Crippen molar-refractivity contribution in [1.82, 2.24) is 10.6 Å². The van der Waals surface area contributed by atoms with Gasteiger partial charge in [0.25, 0.3) is 5.91 Å². The van der Waals surface area contributed by atoms with E-state index in [-0.39, 0.29) is 18.5 Å². The Morgan fingerprint density at radius 2 is 1.68 bits per heavy atom. The molecule has 8 nitrogen and oxygen atoms in total. The summed E-state index contributed by atoms with van der Waals surface area (Å²) in [6, 6.07) is 12.5. The first-order chi connectivity index (χ1) is 13.4. The first-order valence-electron chi connectivity index (χ1n) is 8.51. The predicted octanol–water partition coefficient (Wildman–Crippen LogP) is 1.25. The Balaban J connectivity index is 1.93. The molecule has 0 aliphatic rings. The standard InChI is InChI=1S/C20H22N2O6/c1-27-16-9-8-14(11-17(16)28-2)19(24)21-12-18(23)22-15(20(25)26)10-13-6-4-3-5-7-13/h3-9,11,15H,10,12H2,1-2H3,(H,21,24)(H,22,23)(H,25,26). The third-order valence-electron chi connectivity index (χ3n) is 3.97. The van der Waals surface area contributed by atoms with Crippen LogP contribution in [0.15, 0.2) is 48.5 Å². The zero-order chi connectivity index (χ0) is 20.5. The Morgan fingerprint density at radius 3 is 2.29 bits per heavy atom. The van der Waals surface area contributed by atoms with Crippen LogP contribution >= 0.6 is 0 Å². The van der Waals surface area contributed by atoms with Gasteiger partial charge in [-0.1, -0.05) is 30.3 Å². The average Bonchev–Trinajstić information content (AvgIpc) is 2.71. The zero-order valence-electron chi connectivity index (χ0n) is 15.6. The second-order valence-electron chi connectivity index (χ2n) is 5.90. The molecule has 0 saturated carbocycles. The van der Waals surface area contributed by atoms with Crippen molar-refractivity contribution in [2.45, 2.75) is 12.5 Å². The summed E-state index contributed by atoms with van der Waals surface area (Å²) in [7, 11) is 2.93. The maximum absolute atomic E-state index is 12.2. The third kappa shape index (κ3) is 5.73. The van der Waals surface area contributed by atoms with E-state index in [1.54, 1.807) is 30.3 Å². The quantitative estimate of drug-likeness (QED) is 0.598. The number of amides is 2. The summed E-state index contributed by atoms with van der Waals surface area (Å²) < 4.78 is 10.2. The number of hydrogen-bond donors (Lipinski definition) is 3. The first-order valence-corrected chi connectivity index (χ1v) is 8.51. The highest BCUT2D eigenvalue weighted by atomic mass is 16.5. The molecule has 2 aromatic rings. The Hall–Kier alpha value is -3.55. The second kappa shape index (κ2) is 9.96. The molecule has 0 aliphatic carbocycles. The lowest BCUT2D eigenvalue weighted by molar-refractivity contribution is -0.141. The molecule has 0 spiro atoms. The summed E-state index contributed by atoms with van der Waals surface area (Å²) in [6.07, 6.45) is 0.144. The number of ether oxygens (including phenoxy) is 2. The van der Waals surface area contributed by atoms with E-state index in [1.165, 1.54) is 26.4 Å². The van der Waals surface area contributed by atoms with Gasteiger partial charge in [0.2, 0.25) is 5.91 Å². The van der Waals surface area contributed by atoms with Gasteiger partial charge in [0.15, 0.2) is 11.5 Å². The van der Waals surface area contributed by atoms with E-state index in [0.717, 1.165) is 5.56 Å². The second-order valence-corrected chi connectivity index (χ2v) is 5.90. The smallest absolute Gasteiger partial charge is 0.326 e. The van der Waals surface area contributed by atoms with E-state index in [1.807, 2.05) is 6.07 Å². The number of carboxylic acid groups (broad SMARTS) is 1. The molecule has 2 amide bonds. The minimum absolute atomic E-state index is 0.144. The predicted molar refractivity (Wildman–Crippen MR) is 102 cm³/mol. The van der Waals surface area contributed by atoms with Crippen molar-refractivity contribution in [3.05, 3.63) is 59.7 Å². The number of methoxy groups -OCH3 is 2. The summed E-state index contributed by atoms with van der Waals surface area (Å²) in [5.41, 5.74) is 1.06. The minimum atomic E-state index is -1.15. The van der Waals surface area contributed by atoms with Gasteiger partial charge in [-0.05, 0) is 23.8 Å². The molecule has 148 valence electrons. The fraction of sp³-hybridized carbons (Fsp3) is 0.250. The number of aliphatic carboxylic acids is 1. The monoisotopic (exact) mass is 386 g/mol. The summed E-state index contributed by atoms with van der Waals surface area (Å²) in [5.74, 6) is -1.39. The molecular formula is C20H22N2O6. The van der Waals surface area contributed by atoms with Crippen molar-refractivity contribution in [3.8, 4) is 11.5 Å². The number of carbonyl (C=O) groups excluding carboxylic acids is 2. The number of rotatable bonds is 9. The van der Waals surface area contributed by atoms with Crippen LogP contribution in [0.4, 0.5) is 0 Å². The number of benzene rings is 2. The summed E-state index contributed by atoms with van der Waals surface area (Å²) in [5, 5.41) is 14.2. The van der Waals surface area contributed by atoms with Crippen LogP contribution in [0.5, 0.6) is 11.5 Å². The van der Waals surface area contributed by atoms with Crippen molar-refractivity contribution >= 4 is 17.8 Å². The van der Waals surface area contributed by atoms with Crippen LogP contribution in [0.2, 0.25) is 0 Å². The fourth-order valence-electron chi connectivity index (χ4n) is 2.54. The Morgan fingerprint density at radius 1 is 1.00 bits per heavy atom. The number of carboxylic acids is 1. The zero-order valence-corrected chi connectivity index (χ0v) is 15.6. The molecule has 1 unspecified atom stereocenters. The Kier molecular flexibility index (Phi) is 7.38. The lowest BCUT2D eigenvalue weighted by Crippen LogP contribution is -2.46. The van der Waals surface area contributed by atoms with Crippen molar-refractivity contribution in [1.29, 1.82) is 0 Å². The van der Waals surface area contributed by atoms with Gasteiger partial charge in [0, 0.05) is 12.0 Å². The van der Waals surface area contributed by atoms with Crippen LogP contribution in [0, 0.1) is 0 Å². The molecule has 2 aromatic carbocycles. The molecule has 0 aliphatic heterocycles. The van der Waals surface area contributed by atoms with Gasteiger partial charge in [-0.15, -0.1) is 0 Å². The number of nitrogens with one attached hydrogen (secondary N) is 2.